The monoisotopic (exact) mass is 258 g/mol. The lowest BCUT2D eigenvalue weighted by atomic mass is 10.2. The standard InChI is InChI=1S/C18H14N2/c1-3-7-17-14(5-1)9-10-16(19-17)13-20-12-11-15-6-2-4-8-18(15)20/h1-12H,13H2. The second-order valence-corrected chi connectivity index (χ2v) is 5.00. The van der Waals surface area contributed by atoms with Crippen molar-refractivity contribution >= 4 is 21.8 Å². The molecule has 96 valence electrons. The van der Waals surface area contributed by atoms with Crippen LogP contribution in [0, 0.1) is 0 Å². The van der Waals surface area contributed by atoms with Crippen molar-refractivity contribution in [2.45, 2.75) is 6.54 Å². The van der Waals surface area contributed by atoms with Gasteiger partial charge < -0.3 is 4.57 Å². The van der Waals surface area contributed by atoms with E-state index in [1.807, 2.05) is 12.1 Å². The molecule has 0 spiro atoms. The maximum Gasteiger partial charge on any atom is 0.0706 e. The largest absolute Gasteiger partial charge is 0.341 e. The molecule has 2 aromatic heterocycles. The van der Waals surface area contributed by atoms with E-state index in [-0.39, 0.29) is 0 Å². The highest BCUT2D eigenvalue weighted by atomic mass is 15.0. The van der Waals surface area contributed by atoms with Crippen LogP contribution in [0.1, 0.15) is 5.69 Å². The normalized spacial score (nSPS) is 11.2. The van der Waals surface area contributed by atoms with Crippen molar-refractivity contribution in [2.75, 3.05) is 0 Å². The summed E-state index contributed by atoms with van der Waals surface area (Å²) < 4.78 is 2.24. The Morgan fingerprint density at radius 3 is 2.50 bits per heavy atom. The SMILES string of the molecule is c1ccc2nc(Cn3ccc4ccccc43)ccc2c1. The molecule has 4 aromatic rings. The molecule has 2 aromatic carbocycles. The van der Waals surface area contributed by atoms with Crippen LogP contribution >= 0.6 is 0 Å². The predicted molar refractivity (Wildman–Crippen MR) is 82.8 cm³/mol. The number of hydrogen-bond acceptors (Lipinski definition) is 1. The second kappa shape index (κ2) is 4.49. The molecule has 0 atom stereocenters. The molecule has 0 bridgehead atoms. The summed E-state index contributed by atoms with van der Waals surface area (Å²) in [6.45, 7) is 0.804. The molecule has 0 aliphatic heterocycles. The van der Waals surface area contributed by atoms with Gasteiger partial charge in [0.2, 0.25) is 0 Å². The quantitative estimate of drug-likeness (QED) is 0.526. The molecule has 2 heteroatoms. The van der Waals surface area contributed by atoms with Crippen LogP contribution in [0.2, 0.25) is 0 Å². The van der Waals surface area contributed by atoms with Gasteiger partial charge in [-0.05, 0) is 29.7 Å². The molecule has 4 rings (SSSR count). The summed E-state index contributed by atoms with van der Waals surface area (Å²) in [7, 11) is 0. The van der Waals surface area contributed by atoms with Gasteiger partial charge in [0.1, 0.15) is 0 Å². The average molecular weight is 258 g/mol. The van der Waals surface area contributed by atoms with Crippen molar-refractivity contribution in [1.29, 1.82) is 0 Å². The van der Waals surface area contributed by atoms with Gasteiger partial charge in [0.05, 0.1) is 17.8 Å². The third-order valence-corrected chi connectivity index (χ3v) is 3.67. The fraction of sp³-hybridized carbons (Fsp3) is 0.0556. The van der Waals surface area contributed by atoms with Crippen LogP contribution in [0.3, 0.4) is 0 Å². The zero-order chi connectivity index (χ0) is 13.4. The zero-order valence-electron chi connectivity index (χ0n) is 11.0. The van der Waals surface area contributed by atoms with Crippen molar-refractivity contribution in [3.8, 4) is 0 Å². The topological polar surface area (TPSA) is 17.8 Å². The molecule has 0 unspecified atom stereocenters. The minimum absolute atomic E-state index is 0.804. The van der Waals surface area contributed by atoms with Gasteiger partial charge in [0.15, 0.2) is 0 Å². The lowest BCUT2D eigenvalue weighted by Gasteiger charge is -2.06. The first-order chi connectivity index (χ1) is 9.90. The third-order valence-electron chi connectivity index (χ3n) is 3.67. The van der Waals surface area contributed by atoms with E-state index in [1.54, 1.807) is 0 Å². The first-order valence-electron chi connectivity index (χ1n) is 6.79. The van der Waals surface area contributed by atoms with Crippen LogP contribution in [0.25, 0.3) is 21.8 Å². The molecule has 0 fully saturated rings. The number of pyridine rings is 1. The molecule has 0 N–H and O–H groups in total. The molecule has 0 saturated heterocycles. The van der Waals surface area contributed by atoms with E-state index in [9.17, 15) is 0 Å². The maximum atomic E-state index is 4.74. The molecule has 0 aliphatic rings. The Morgan fingerprint density at radius 1 is 0.750 bits per heavy atom. The third kappa shape index (κ3) is 1.86. The van der Waals surface area contributed by atoms with Gasteiger partial charge in [0, 0.05) is 17.1 Å². The molecule has 0 radical (unpaired) electrons. The van der Waals surface area contributed by atoms with Crippen molar-refractivity contribution < 1.29 is 0 Å². The minimum Gasteiger partial charge on any atom is -0.341 e. The number of para-hydroxylation sites is 2. The van der Waals surface area contributed by atoms with Crippen LogP contribution in [-0.2, 0) is 6.54 Å². The van der Waals surface area contributed by atoms with E-state index in [1.165, 1.54) is 16.3 Å². The summed E-state index contributed by atoms with van der Waals surface area (Å²) in [6.07, 6.45) is 2.13. The second-order valence-electron chi connectivity index (χ2n) is 5.00. The average Bonchev–Trinajstić information content (AvgIpc) is 2.91. The van der Waals surface area contributed by atoms with Crippen LogP contribution in [0.15, 0.2) is 72.9 Å². The summed E-state index contributed by atoms with van der Waals surface area (Å²) in [5, 5.41) is 2.46. The molecule has 2 heterocycles. The number of hydrogen-bond donors (Lipinski definition) is 0. The Balaban J connectivity index is 1.76. The number of aromatic nitrogens is 2. The van der Waals surface area contributed by atoms with Crippen LogP contribution in [0.4, 0.5) is 0 Å². The molecule has 0 amide bonds. The van der Waals surface area contributed by atoms with Gasteiger partial charge in [0.25, 0.3) is 0 Å². The highest BCUT2D eigenvalue weighted by Gasteiger charge is 2.03. The minimum atomic E-state index is 0.804. The van der Waals surface area contributed by atoms with Gasteiger partial charge in [-0.3, -0.25) is 4.98 Å². The number of benzene rings is 2. The Kier molecular flexibility index (Phi) is 2.52. The highest BCUT2D eigenvalue weighted by molar-refractivity contribution is 5.80. The molecule has 0 aliphatic carbocycles. The first kappa shape index (κ1) is 11.2. The lowest BCUT2D eigenvalue weighted by Crippen LogP contribution is -2.00. The summed E-state index contributed by atoms with van der Waals surface area (Å²) >= 11 is 0. The highest BCUT2D eigenvalue weighted by Crippen LogP contribution is 2.17. The van der Waals surface area contributed by atoms with Crippen molar-refractivity contribution in [2.24, 2.45) is 0 Å². The van der Waals surface area contributed by atoms with Gasteiger partial charge in [-0.2, -0.15) is 0 Å². The van der Waals surface area contributed by atoms with Crippen molar-refractivity contribution in [3.05, 3.63) is 78.6 Å². The maximum absolute atomic E-state index is 4.74. The predicted octanol–water partition coefficient (Wildman–Crippen LogP) is 4.24. The van der Waals surface area contributed by atoms with Crippen molar-refractivity contribution in [3.63, 3.8) is 0 Å². The number of rotatable bonds is 2. The van der Waals surface area contributed by atoms with Crippen LogP contribution in [0.5, 0.6) is 0 Å². The van der Waals surface area contributed by atoms with E-state index in [2.05, 4.69) is 65.4 Å². The number of nitrogens with zero attached hydrogens (tertiary/aromatic N) is 2. The van der Waals surface area contributed by atoms with E-state index in [0.717, 1.165) is 17.8 Å². The van der Waals surface area contributed by atoms with Gasteiger partial charge in [-0.25, -0.2) is 0 Å². The molecular weight excluding hydrogens is 244 g/mol. The summed E-state index contributed by atoms with van der Waals surface area (Å²) in [6, 6.07) is 23.1. The Morgan fingerprint density at radius 2 is 1.55 bits per heavy atom. The number of fused-ring (bicyclic) bond motifs is 2. The van der Waals surface area contributed by atoms with Gasteiger partial charge in [-0.15, -0.1) is 0 Å². The summed E-state index contributed by atoms with van der Waals surface area (Å²) in [5.41, 5.74) is 3.40. The van der Waals surface area contributed by atoms with Crippen LogP contribution < -0.4 is 0 Å². The van der Waals surface area contributed by atoms with E-state index in [0.29, 0.717) is 0 Å². The lowest BCUT2D eigenvalue weighted by molar-refractivity contribution is 0.812. The van der Waals surface area contributed by atoms with Crippen LogP contribution in [-0.4, -0.2) is 9.55 Å². The van der Waals surface area contributed by atoms with Crippen molar-refractivity contribution in [1.82, 2.24) is 9.55 Å². The van der Waals surface area contributed by atoms with E-state index in [4.69, 9.17) is 4.98 Å². The first-order valence-corrected chi connectivity index (χ1v) is 6.79. The Hall–Kier alpha value is -2.61. The Labute approximate surface area is 117 Å². The van der Waals surface area contributed by atoms with E-state index < -0.39 is 0 Å². The zero-order valence-corrected chi connectivity index (χ0v) is 11.0. The van der Waals surface area contributed by atoms with Gasteiger partial charge >= 0.3 is 0 Å². The smallest absolute Gasteiger partial charge is 0.0706 e. The molecule has 20 heavy (non-hydrogen) atoms. The van der Waals surface area contributed by atoms with E-state index >= 15 is 0 Å². The summed E-state index contributed by atoms with van der Waals surface area (Å²) in [4.78, 5) is 4.74. The molecule has 2 nitrogen and oxygen atoms in total. The molecular formula is C18H14N2. The summed E-state index contributed by atoms with van der Waals surface area (Å²) in [5.74, 6) is 0. The molecule has 0 saturated carbocycles. The Bertz CT molecular complexity index is 890. The fourth-order valence-corrected chi connectivity index (χ4v) is 2.65. The fourth-order valence-electron chi connectivity index (χ4n) is 2.65. The van der Waals surface area contributed by atoms with Gasteiger partial charge in [-0.1, -0.05) is 42.5 Å².